The zero-order valence-corrected chi connectivity index (χ0v) is 14.0. The van der Waals surface area contributed by atoms with Crippen LogP contribution in [0, 0.1) is 0 Å². The largest absolute Gasteiger partial charge is 0.573 e. The molecule has 1 heterocycles. The van der Waals surface area contributed by atoms with Crippen LogP contribution in [0.5, 0.6) is 5.75 Å². The van der Waals surface area contributed by atoms with Crippen molar-refractivity contribution >= 4 is 28.1 Å². The van der Waals surface area contributed by atoms with Crippen LogP contribution in [0.4, 0.5) is 24.0 Å². The fourth-order valence-electron chi connectivity index (χ4n) is 1.83. The van der Waals surface area contributed by atoms with E-state index in [1.807, 2.05) is 0 Å². The molecule has 2 N–H and O–H groups in total. The molecule has 0 atom stereocenters. The molecule has 0 aliphatic carbocycles. The first-order chi connectivity index (χ1) is 11.9. The van der Waals surface area contributed by atoms with Gasteiger partial charge in [-0.25, -0.2) is 4.98 Å². The van der Waals surface area contributed by atoms with Crippen LogP contribution in [0.1, 0.15) is 5.69 Å². The van der Waals surface area contributed by atoms with Gasteiger partial charge in [0.05, 0.1) is 18.7 Å². The van der Waals surface area contributed by atoms with E-state index in [0.717, 1.165) is 0 Å². The number of carbonyl (C=O) groups excluding carboxylic acids is 1. The summed E-state index contributed by atoms with van der Waals surface area (Å²) in [6.45, 7) is 0.862. The highest BCUT2D eigenvalue weighted by Gasteiger charge is 2.30. The summed E-state index contributed by atoms with van der Waals surface area (Å²) in [5.74, 6) is -0.465. The number of carbonyl (C=O) groups is 1. The molecule has 0 saturated carbocycles. The lowest BCUT2D eigenvalue weighted by Crippen LogP contribution is -2.28. The van der Waals surface area contributed by atoms with Gasteiger partial charge in [0.2, 0.25) is 5.91 Å². The third-order valence-corrected chi connectivity index (χ3v) is 3.67. The third kappa shape index (κ3) is 6.98. The number of thiazole rings is 1. The number of hydrogen-bond donors (Lipinski definition) is 2. The molecule has 10 heteroatoms. The van der Waals surface area contributed by atoms with Gasteiger partial charge >= 0.3 is 6.36 Å². The fraction of sp³-hybridized carbons (Fsp3) is 0.333. The molecule has 0 aliphatic rings. The summed E-state index contributed by atoms with van der Waals surface area (Å²) in [6.07, 6.45) is -4.58. The molecule has 0 aliphatic heterocycles. The van der Waals surface area contributed by atoms with E-state index < -0.39 is 6.36 Å². The molecule has 6 nitrogen and oxygen atoms in total. The maximum absolute atomic E-state index is 12.1. The van der Waals surface area contributed by atoms with Gasteiger partial charge in [-0.2, -0.15) is 0 Å². The Hall–Kier alpha value is -2.33. The molecule has 25 heavy (non-hydrogen) atoms. The highest BCUT2D eigenvalue weighted by molar-refractivity contribution is 7.13. The van der Waals surface area contributed by atoms with Crippen molar-refractivity contribution < 1.29 is 27.4 Å². The Bertz CT molecular complexity index is 689. The Balaban J connectivity index is 1.87. The second kappa shape index (κ2) is 8.67. The molecule has 0 saturated heterocycles. The van der Waals surface area contributed by atoms with Crippen molar-refractivity contribution in [2.75, 3.05) is 25.6 Å². The summed E-state index contributed by atoms with van der Waals surface area (Å²) < 4.78 is 45.0. The van der Waals surface area contributed by atoms with E-state index >= 15 is 0 Å². The Kier molecular flexibility index (Phi) is 6.59. The Labute approximate surface area is 146 Å². The number of amides is 1. The van der Waals surface area contributed by atoms with Crippen molar-refractivity contribution in [1.82, 2.24) is 10.3 Å². The molecule has 0 unspecified atom stereocenters. The number of methoxy groups -OCH3 is 1. The van der Waals surface area contributed by atoms with E-state index in [2.05, 4.69) is 20.4 Å². The number of ether oxygens (including phenoxy) is 2. The molecule has 1 aromatic carbocycles. The van der Waals surface area contributed by atoms with Crippen LogP contribution in [0.3, 0.4) is 0 Å². The van der Waals surface area contributed by atoms with Gasteiger partial charge in [-0.15, -0.1) is 24.5 Å². The molecule has 0 bridgehead atoms. The highest BCUT2D eigenvalue weighted by Crippen LogP contribution is 2.26. The predicted octanol–water partition coefficient (Wildman–Crippen LogP) is 3.09. The Morgan fingerprint density at radius 3 is 2.64 bits per heavy atom. The molecule has 136 valence electrons. The minimum Gasteiger partial charge on any atom is -0.406 e. The lowest BCUT2D eigenvalue weighted by atomic mass is 10.3. The van der Waals surface area contributed by atoms with Crippen molar-refractivity contribution in [2.24, 2.45) is 0 Å². The van der Waals surface area contributed by atoms with Crippen LogP contribution >= 0.6 is 11.3 Å². The van der Waals surface area contributed by atoms with E-state index in [4.69, 9.17) is 4.74 Å². The van der Waals surface area contributed by atoms with Gasteiger partial charge in [0.25, 0.3) is 0 Å². The summed E-state index contributed by atoms with van der Waals surface area (Å²) in [6, 6.07) is 5.29. The second-order valence-corrected chi connectivity index (χ2v) is 5.72. The Morgan fingerprint density at radius 2 is 2.00 bits per heavy atom. The smallest absolute Gasteiger partial charge is 0.406 e. The number of benzene rings is 1. The quantitative estimate of drug-likeness (QED) is 0.694. The molecule has 1 aromatic heterocycles. The predicted molar refractivity (Wildman–Crippen MR) is 87.1 cm³/mol. The summed E-state index contributed by atoms with van der Waals surface area (Å²) in [5.41, 5.74) is 1.15. The molecule has 2 aromatic rings. The number of nitrogens with one attached hydrogen (secondary N) is 2. The number of aromatic nitrogens is 1. The van der Waals surface area contributed by atoms with Gasteiger partial charge in [0, 0.05) is 24.7 Å². The monoisotopic (exact) mass is 375 g/mol. The molecule has 0 radical (unpaired) electrons. The maximum Gasteiger partial charge on any atom is 0.573 e. The lowest BCUT2D eigenvalue weighted by molar-refractivity contribution is -0.274. The second-order valence-electron chi connectivity index (χ2n) is 4.86. The van der Waals surface area contributed by atoms with Gasteiger partial charge in [-0.1, -0.05) is 0 Å². The van der Waals surface area contributed by atoms with Crippen LogP contribution in [-0.2, 0) is 16.0 Å². The van der Waals surface area contributed by atoms with E-state index in [1.165, 1.54) is 35.6 Å². The van der Waals surface area contributed by atoms with Gasteiger partial charge in [0.1, 0.15) is 5.75 Å². The van der Waals surface area contributed by atoms with Gasteiger partial charge < -0.3 is 20.1 Å². The number of anilines is 2. The maximum atomic E-state index is 12.1. The van der Waals surface area contributed by atoms with Gasteiger partial charge in [-0.05, 0) is 24.3 Å². The first kappa shape index (κ1) is 19.0. The van der Waals surface area contributed by atoms with Crippen LogP contribution in [0.25, 0.3) is 0 Å². The van der Waals surface area contributed by atoms with E-state index in [-0.39, 0.29) is 18.1 Å². The molecular weight excluding hydrogens is 359 g/mol. The Morgan fingerprint density at radius 1 is 1.28 bits per heavy atom. The lowest BCUT2D eigenvalue weighted by Gasteiger charge is -2.09. The van der Waals surface area contributed by atoms with Crippen LogP contribution in [-0.4, -0.2) is 37.5 Å². The minimum atomic E-state index is -4.72. The number of nitrogens with zero attached hydrogens (tertiary/aromatic N) is 1. The minimum absolute atomic E-state index is 0.139. The fourth-order valence-corrected chi connectivity index (χ4v) is 2.56. The zero-order valence-electron chi connectivity index (χ0n) is 13.2. The normalized spacial score (nSPS) is 11.2. The van der Waals surface area contributed by atoms with Crippen molar-refractivity contribution in [2.45, 2.75) is 12.8 Å². The number of hydrogen-bond acceptors (Lipinski definition) is 6. The van der Waals surface area contributed by atoms with E-state index in [9.17, 15) is 18.0 Å². The SMILES string of the molecule is COCCNC(=O)Cc1csc(Nc2ccc(OC(F)(F)F)cc2)n1. The summed E-state index contributed by atoms with van der Waals surface area (Å²) in [4.78, 5) is 15.9. The first-order valence-electron chi connectivity index (χ1n) is 7.18. The molecular formula is C15H16F3N3O3S. The van der Waals surface area contributed by atoms with E-state index in [1.54, 1.807) is 12.5 Å². The average molecular weight is 375 g/mol. The molecule has 0 fully saturated rings. The van der Waals surface area contributed by atoms with Gasteiger partial charge in [-0.3, -0.25) is 4.79 Å². The van der Waals surface area contributed by atoms with Crippen molar-refractivity contribution in [1.29, 1.82) is 0 Å². The van der Waals surface area contributed by atoms with Crippen molar-refractivity contribution in [3.63, 3.8) is 0 Å². The summed E-state index contributed by atoms with van der Waals surface area (Å²) >= 11 is 1.29. The van der Waals surface area contributed by atoms with Gasteiger partial charge in [0.15, 0.2) is 5.13 Å². The zero-order chi connectivity index (χ0) is 18.3. The number of halogens is 3. The van der Waals surface area contributed by atoms with Crippen LogP contribution < -0.4 is 15.4 Å². The molecule has 0 spiro atoms. The van der Waals surface area contributed by atoms with Crippen molar-refractivity contribution in [3.05, 3.63) is 35.3 Å². The van der Waals surface area contributed by atoms with Crippen LogP contribution in [0.15, 0.2) is 29.6 Å². The molecule has 1 amide bonds. The van der Waals surface area contributed by atoms with E-state index in [0.29, 0.717) is 29.7 Å². The number of alkyl halides is 3. The summed E-state index contributed by atoms with van der Waals surface area (Å²) in [7, 11) is 1.55. The highest BCUT2D eigenvalue weighted by atomic mass is 32.1. The first-order valence-corrected chi connectivity index (χ1v) is 8.06. The molecule has 2 rings (SSSR count). The van der Waals surface area contributed by atoms with Crippen molar-refractivity contribution in [3.8, 4) is 5.75 Å². The summed E-state index contributed by atoms with van der Waals surface area (Å²) in [5, 5.41) is 7.92. The van der Waals surface area contributed by atoms with Crippen LogP contribution in [0.2, 0.25) is 0 Å². The topological polar surface area (TPSA) is 72.5 Å². The average Bonchev–Trinajstić information content (AvgIpc) is 2.95. The number of rotatable bonds is 8. The third-order valence-electron chi connectivity index (χ3n) is 2.86. The standard InChI is InChI=1S/C15H16F3N3O3S/c1-23-7-6-19-13(22)8-11-9-25-14(21-11)20-10-2-4-12(5-3-10)24-15(16,17)18/h2-5,9H,6-8H2,1H3,(H,19,22)(H,20,21).